The Morgan fingerprint density at radius 3 is 3.00 bits per heavy atom. The van der Waals surface area contributed by atoms with Crippen molar-refractivity contribution >= 4 is 5.97 Å². The largest absolute Gasteiger partial charge is 0.481 e. The predicted octanol–water partition coefficient (Wildman–Crippen LogP) is 1.49. The number of rotatable bonds is 5. The molecular weight excluding hydrogens is 226 g/mol. The molecule has 6 nitrogen and oxygen atoms in total. The maximum Gasteiger partial charge on any atom is 0.312 e. The van der Waals surface area contributed by atoms with Gasteiger partial charge in [-0.1, -0.05) is 0 Å². The zero-order valence-corrected chi connectivity index (χ0v) is 9.17. The number of hydrogen-bond donors (Lipinski definition) is 1. The van der Waals surface area contributed by atoms with Crippen LogP contribution >= 0.6 is 0 Å². The van der Waals surface area contributed by atoms with Crippen molar-refractivity contribution in [1.82, 2.24) is 4.98 Å². The summed E-state index contributed by atoms with van der Waals surface area (Å²) in [7, 11) is 1.45. The van der Waals surface area contributed by atoms with Crippen molar-refractivity contribution < 1.29 is 23.5 Å². The van der Waals surface area contributed by atoms with Gasteiger partial charge in [-0.15, -0.1) is 0 Å². The lowest BCUT2D eigenvalue weighted by Gasteiger charge is -1.96. The van der Waals surface area contributed by atoms with E-state index in [2.05, 4.69) is 4.98 Å². The molecule has 90 valence electrons. The fourth-order valence-electron chi connectivity index (χ4n) is 1.43. The van der Waals surface area contributed by atoms with Crippen LogP contribution in [0.2, 0.25) is 0 Å². The lowest BCUT2D eigenvalue weighted by atomic mass is 10.3. The van der Waals surface area contributed by atoms with E-state index >= 15 is 0 Å². The smallest absolute Gasteiger partial charge is 0.312 e. The molecule has 2 aromatic rings. The minimum Gasteiger partial charge on any atom is -0.481 e. The summed E-state index contributed by atoms with van der Waals surface area (Å²) in [6.07, 6.45) is 1.66. The molecule has 0 spiro atoms. The van der Waals surface area contributed by atoms with Gasteiger partial charge < -0.3 is 18.7 Å². The first-order valence-corrected chi connectivity index (χ1v) is 4.95. The Morgan fingerprint density at radius 1 is 1.59 bits per heavy atom. The number of furan rings is 1. The molecule has 0 aliphatic rings. The molecule has 0 amide bonds. The van der Waals surface area contributed by atoms with Crippen molar-refractivity contribution in [2.24, 2.45) is 0 Å². The number of oxazole rings is 1. The summed E-state index contributed by atoms with van der Waals surface area (Å²) >= 11 is 0. The summed E-state index contributed by atoms with van der Waals surface area (Å²) in [5.41, 5.74) is 0. The average Bonchev–Trinajstić information content (AvgIpc) is 2.88. The number of aromatic nitrogens is 1. The Bertz CT molecular complexity index is 500. The molecular formula is C11H11NO5. The fraction of sp³-hybridized carbons (Fsp3) is 0.273. The molecule has 0 saturated carbocycles. The van der Waals surface area contributed by atoms with Crippen LogP contribution in [0.3, 0.4) is 0 Å². The third kappa shape index (κ3) is 2.66. The van der Waals surface area contributed by atoms with Gasteiger partial charge in [-0.25, -0.2) is 0 Å². The van der Waals surface area contributed by atoms with E-state index in [1.54, 1.807) is 18.4 Å². The van der Waals surface area contributed by atoms with Gasteiger partial charge in [-0.3, -0.25) is 4.79 Å². The van der Waals surface area contributed by atoms with Crippen molar-refractivity contribution in [1.29, 1.82) is 0 Å². The second-order valence-corrected chi connectivity index (χ2v) is 3.37. The first-order valence-electron chi connectivity index (χ1n) is 4.95. The second kappa shape index (κ2) is 4.73. The molecule has 1 N–H and O–H groups in total. The Balaban J connectivity index is 2.20. The standard InChI is InChI=1S/C11H11NO5/c1-15-11-8(5-7-3-2-4-16-7)17-9(12-11)6-10(13)14/h2-4H,5-6H2,1H3,(H,13,14). The van der Waals surface area contributed by atoms with Gasteiger partial charge in [0.05, 0.1) is 19.8 Å². The van der Waals surface area contributed by atoms with Crippen LogP contribution < -0.4 is 4.74 Å². The molecule has 17 heavy (non-hydrogen) atoms. The number of hydrogen-bond acceptors (Lipinski definition) is 5. The van der Waals surface area contributed by atoms with E-state index in [4.69, 9.17) is 18.7 Å². The minimum absolute atomic E-state index is 0.121. The third-order valence-corrected chi connectivity index (χ3v) is 2.12. The van der Waals surface area contributed by atoms with Gasteiger partial charge in [0, 0.05) is 0 Å². The Kier molecular flexibility index (Phi) is 3.13. The highest BCUT2D eigenvalue weighted by molar-refractivity contribution is 5.68. The van der Waals surface area contributed by atoms with Crippen LogP contribution in [0, 0.1) is 0 Å². The highest BCUT2D eigenvalue weighted by Crippen LogP contribution is 2.22. The molecule has 0 aromatic carbocycles. The molecule has 2 aromatic heterocycles. The molecule has 2 rings (SSSR count). The molecule has 0 atom stereocenters. The van der Waals surface area contributed by atoms with Gasteiger partial charge in [0.25, 0.3) is 5.88 Å². The van der Waals surface area contributed by atoms with Gasteiger partial charge in [0.2, 0.25) is 5.89 Å². The number of carbonyl (C=O) groups is 1. The van der Waals surface area contributed by atoms with Gasteiger partial charge in [-0.2, -0.15) is 4.98 Å². The highest BCUT2D eigenvalue weighted by Gasteiger charge is 2.17. The molecule has 0 bridgehead atoms. The molecule has 0 fully saturated rings. The van der Waals surface area contributed by atoms with Gasteiger partial charge in [0.15, 0.2) is 5.76 Å². The number of nitrogens with zero attached hydrogens (tertiary/aromatic N) is 1. The van der Waals surface area contributed by atoms with E-state index in [9.17, 15) is 4.79 Å². The Hall–Kier alpha value is -2.24. The summed E-state index contributed by atoms with van der Waals surface area (Å²) in [5.74, 6) is 0.562. The van der Waals surface area contributed by atoms with E-state index in [0.29, 0.717) is 17.9 Å². The molecule has 0 aliphatic carbocycles. The first kappa shape index (κ1) is 11.3. The van der Waals surface area contributed by atoms with Crippen molar-refractivity contribution in [3.63, 3.8) is 0 Å². The van der Waals surface area contributed by atoms with E-state index in [1.165, 1.54) is 7.11 Å². The minimum atomic E-state index is -1.00. The molecule has 0 unspecified atom stereocenters. The SMILES string of the molecule is COc1nc(CC(=O)O)oc1Cc1ccco1. The van der Waals surface area contributed by atoms with E-state index < -0.39 is 5.97 Å². The first-order chi connectivity index (χ1) is 8.19. The van der Waals surface area contributed by atoms with Crippen LogP contribution in [-0.2, 0) is 17.6 Å². The Labute approximate surface area is 96.8 Å². The number of aliphatic carboxylic acids is 1. The van der Waals surface area contributed by atoms with Crippen LogP contribution in [-0.4, -0.2) is 23.2 Å². The zero-order chi connectivity index (χ0) is 12.3. The second-order valence-electron chi connectivity index (χ2n) is 3.37. The number of carboxylic acid groups (broad SMARTS) is 1. The fourth-order valence-corrected chi connectivity index (χ4v) is 1.43. The summed E-state index contributed by atoms with van der Waals surface area (Å²) in [4.78, 5) is 14.5. The summed E-state index contributed by atoms with van der Waals surface area (Å²) in [6, 6.07) is 3.55. The molecule has 0 saturated heterocycles. The van der Waals surface area contributed by atoms with Gasteiger partial charge in [-0.05, 0) is 12.1 Å². The van der Waals surface area contributed by atoms with Crippen molar-refractivity contribution in [2.45, 2.75) is 12.8 Å². The quantitative estimate of drug-likeness (QED) is 0.847. The highest BCUT2D eigenvalue weighted by atomic mass is 16.5. The van der Waals surface area contributed by atoms with Crippen LogP contribution in [0.25, 0.3) is 0 Å². The summed E-state index contributed by atoms with van der Waals surface area (Å²) < 4.78 is 15.5. The van der Waals surface area contributed by atoms with Crippen molar-refractivity contribution in [2.75, 3.05) is 7.11 Å². The summed E-state index contributed by atoms with van der Waals surface area (Å²) in [5, 5.41) is 8.64. The van der Waals surface area contributed by atoms with Crippen LogP contribution in [0.1, 0.15) is 17.4 Å². The average molecular weight is 237 g/mol. The molecule has 6 heteroatoms. The van der Waals surface area contributed by atoms with Crippen molar-refractivity contribution in [3.8, 4) is 5.88 Å². The van der Waals surface area contributed by atoms with Crippen LogP contribution in [0.4, 0.5) is 0 Å². The topological polar surface area (TPSA) is 85.7 Å². The lowest BCUT2D eigenvalue weighted by Crippen LogP contribution is -1.99. The monoisotopic (exact) mass is 237 g/mol. The van der Waals surface area contributed by atoms with E-state index in [0.717, 1.165) is 0 Å². The van der Waals surface area contributed by atoms with Crippen molar-refractivity contribution in [3.05, 3.63) is 35.8 Å². The van der Waals surface area contributed by atoms with E-state index in [1.807, 2.05) is 0 Å². The normalized spacial score (nSPS) is 10.4. The number of methoxy groups -OCH3 is 1. The van der Waals surface area contributed by atoms with Gasteiger partial charge in [0.1, 0.15) is 12.2 Å². The van der Waals surface area contributed by atoms with Gasteiger partial charge >= 0.3 is 5.97 Å². The number of carboxylic acids is 1. The predicted molar refractivity (Wildman–Crippen MR) is 55.9 cm³/mol. The molecule has 2 heterocycles. The summed E-state index contributed by atoms with van der Waals surface area (Å²) in [6.45, 7) is 0. The lowest BCUT2D eigenvalue weighted by molar-refractivity contribution is -0.136. The third-order valence-electron chi connectivity index (χ3n) is 2.12. The van der Waals surface area contributed by atoms with Crippen LogP contribution in [0.15, 0.2) is 27.2 Å². The van der Waals surface area contributed by atoms with E-state index in [-0.39, 0.29) is 18.2 Å². The molecule has 0 radical (unpaired) electrons. The molecule has 0 aliphatic heterocycles. The van der Waals surface area contributed by atoms with Crippen LogP contribution in [0.5, 0.6) is 5.88 Å². The number of ether oxygens (including phenoxy) is 1. The maximum atomic E-state index is 10.5. The zero-order valence-electron chi connectivity index (χ0n) is 9.17. The Morgan fingerprint density at radius 2 is 2.41 bits per heavy atom. The maximum absolute atomic E-state index is 10.5.